The average molecular weight is 337 g/mol. The highest BCUT2D eigenvalue weighted by Gasteiger charge is 2.15. The number of anilines is 1. The lowest BCUT2D eigenvalue weighted by Crippen LogP contribution is -1.94. The van der Waals surface area contributed by atoms with Crippen LogP contribution in [0.2, 0.25) is 0 Å². The Labute approximate surface area is 153 Å². The second kappa shape index (κ2) is 6.77. The quantitative estimate of drug-likeness (QED) is 0.452. The van der Waals surface area contributed by atoms with Gasteiger partial charge in [-0.2, -0.15) is 0 Å². The van der Waals surface area contributed by atoms with E-state index in [9.17, 15) is 5.11 Å². The van der Waals surface area contributed by atoms with Crippen molar-refractivity contribution in [3.8, 4) is 39.1 Å². The number of benzene rings is 4. The fourth-order valence-corrected chi connectivity index (χ4v) is 3.29. The van der Waals surface area contributed by atoms with E-state index in [1.165, 1.54) is 0 Å². The Morgan fingerprint density at radius 1 is 0.538 bits per heavy atom. The first-order valence-corrected chi connectivity index (χ1v) is 8.56. The summed E-state index contributed by atoms with van der Waals surface area (Å²) in [7, 11) is 0. The second-order valence-electron chi connectivity index (χ2n) is 6.27. The maximum atomic E-state index is 9.70. The monoisotopic (exact) mass is 337 g/mol. The number of hydrogen-bond donors (Lipinski definition) is 2. The van der Waals surface area contributed by atoms with Crippen molar-refractivity contribution in [2.75, 3.05) is 5.73 Å². The number of phenolic OH excluding ortho intramolecular Hbond substituents is 1. The Morgan fingerprint density at radius 3 is 1.46 bits per heavy atom. The molecule has 3 N–H and O–H groups in total. The summed E-state index contributed by atoms with van der Waals surface area (Å²) >= 11 is 0. The normalized spacial score (nSPS) is 10.6. The van der Waals surface area contributed by atoms with Crippen LogP contribution in [-0.4, -0.2) is 5.11 Å². The van der Waals surface area contributed by atoms with Crippen molar-refractivity contribution in [3.63, 3.8) is 0 Å². The first-order chi connectivity index (χ1) is 12.7. The van der Waals surface area contributed by atoms with E-state index >= 15 is 0 Å². The Kier molecular flexibility index (Phi) is 4.16. The number of nitrogen functional groups attached to an aromatic ring is 1. The van der Waals surface area contributed by atoms with E-state index in [1.54, 1.807) is 12.1 Å². The molecule has 0 aliphatic rings. The molecule has 4 aromatic carbocycles. The SMILES string of the molecule is Nc1cc(-c2ccccc2)c(-c2ccc(O)cc2)c(-c2ccccc2)c1. The third kappa shape index (κ3) is 3.05. The first-order valence-electron chi connectivity index (χ1n) is 8.56. The summed E-state index contributed by atoms with van der Waals surface area (Å²) < 4.78 is 0. The highest BCUT2D eigenvalue weighted by molar-refractivity contribution is 5.96. The molecule has 2 heteroatoms. The lowest BCUT2D eigenvalue weighted by molar-refractivity contribution is 0.475. The van der Waals surface area contributed by atoms with Gasteiger partial charge in [0.05, 0.1) is 0 Å². The van der Waals surface area contributed by atoms with Crippen molar-refractivity contribution >= 4 is 5.69 Å². The number of phenols is 1. The maximum absolute atomic E-state index is 9.70. The minimum Gasteiger partial charge on any atom is -0.508 e. The van der Waals surface area contributed by atoms with Crippen molar-refractivity contribution in [2.24, 2.45) is 0 Å². The van der Waals surface area contributed by atoms with Crippen LogP contribution in [-0.2, 0) is 0 Å². The summed E-state index contributed by atoms with van der Waals surface area (Å²) in [4.78, 5) is 0. The third-order valence-corrected chi connectivity index (χ3v) is 4.49. The fourth-order valence-electron chi connectivity index (χ4n) is 3.29. The summed E-state index contributed by atoms with van der Waals surface area (Å²) in [6, 6.07) is 31.9. The molecule has 0 aromatic heterocycles. The van der Waals surface area contributed by atoms with Gasteiger partial charge in [-0.3, -0.25) is 0 Å². The Morgan fingerprint density at radius 2 is 1.00 bits per heavy atom. The molecule has 126 valence electrons. The molecular formula is C24H19NO. The maximum Gasteiger partial charge on any atom is 0.115 e. The van der Waals surface area contributed by atoms with Crippen LogP contribution in [0.5, 0.6) is 5.75 Å². The minimum absolute atomic E-state index is 0.256. The van der Waals surface area contributed by atoms with Gasteiger partial charge in [0.1, 0.15) is 5.75 Å². The zero-order valence-corrected chi connectivity index (χ0v) is 14.3. The van der Waals surface area contributed by atoms with E-state index in [0.717, 1.165) is 39.1 Å². The molecule has 4 aromatic rings. The summed E-state index contributed by atoms with van der Waals surface area (Å²) in [5, 5.41) is 9.70. The number of rotatable bonds is 3. The topological polar surface area (TPSA) is 46.2 Å². The van der Waals surface area contributed by atoms with Gasteiger partial charge in [0.15, 0.2) is 0 Å². The molecular weight excluding hydrogens is 318 g/mol. The molecule has 0 saturated heterocycles. The first kappa shape index (κ1) is 16.0. The molecule has 4 rings (SSSR count). The van der Waals surface area contributed by atoms with Gasteiger partial charge in [0.25, 0.3) is 0 Å². The standard InChI is InChI=1S/C24H19NO/c25-20-15-22(17-7-3-1-4-8-17)24(19-11-13-21(26)14-12-19)23(16-20)18-9-5-2-6-10-18/h1-16,26H,25H2. The zero-order valence-electron chi connectivity index (χ0n) is 14.3. The van der Waals surface area contributed by atoms with E-state index in [-0.39, 0.29) is 5.75 Å². The molecule has 0 aliphatic heterocycles. The van der Waals surface area contributed by atoms with Gasteiger partial charge in [0.2, 0.25) is 0 Å². The number of nitrogens with two attached hydrogens (primary N) is 1. The van der Waals surface area contributed by atoms with Crippen LogP contribution in [0.3, 0.4) is 0 Å². The van der Waals surface area contributed by atoms with Crippen molar-refractivity contribution in [2.45, 2.75) is 0 Å². The van der Waals surface area contributed by atoms with E-state index in [0.29, 0.717) is 0 Å². The summed E-state index contributed by atoms with van der Waals surface area (Å²) in [5.74, 6) is 0.256. The van der Waals surface area contributed by atoms with E-state index in [4.69, 9.17) is 5.73 Å². The Bertz CT molecular complexity index is 962. The Balaban J connectivity index is 2.06. The minimum atomic E-state index is 0.256. The third-order valence-electron chi connectivity index (χ3n) is 4.49. The molecule has 0 fully saturated rings. The van der Waals surface area contributed by atoms with Crippen molar-refractivity contribution in [1.82, 2.24) is 0 Å². The van der Waals surface area contributed by atoms with Crippen LogP contribution in [0.1, 0.15) is 0 Å². The highest BCUT2D eigenvalue weighted by Crippen LogP contribution is 2.42. The van der Waals surface area contributed by atoms with Crippen LogP contribution >= 0.6 is 0 Å². The van der Waals surface area contributed by atoms with Gasteiger partial charge in [0, 0.05) is 5.69 Å². The van der Waals surface area contributed by atoms with Gasteiger partial charge in [-0.1, -0.05) is 72.8 Å². The summed E-state index contributed by atoms with van der Waals surface area (Å²) in [5.41, 5.74) is 13.5. The van der Waals surface area contributed by atoms with Crippen LogP contribution in [0.15, 0.2) is 97.1 Å². The molecule has 26 heavy (non-hydrogen) atoms. The summed E-state index contributed by atoms with van der Waals surface area (Å²) in [6.07, 6.45) is 0. The van der Waals surface area contributed by atoms with Crippen LogP contribution < -0.4 is 5.73 Å². The van der Waals surface area contributed by atoms with Gasteiger partial charge in [-0.15, -0.1) is 0 Å². The number of aromatic hydroxyl groups is 1. The largest absolute Gasteiger partial charge is 0.508 e. The summed E-state index contributed by atoms with van der Waals surface area (Å²) in [6.45, 7) is 0. The second-order valence-corrected chi connectivity index (χ2v) is 6.27. The van der Waals surface area contributed by atoms with Gasteiger partial charge in [-0.25, -0.2) is 0 Å². The molecule has 2 nitrogen and oxygen atoms in total. The molecule has 0 atom stereocenters. The molecule has 0 radical (unpaired) electrons. The van der Waals surface area contributed by atoms with Gasteiger partial charge < -0.3 is 10.8 Å². The predicted molar refractivity (Wildman–Crippen MR) is 109 cm³/mol. The van der Waals surface area contributed by atoms with E-state index in [2.05, 4.69) is 24.3 Å². The van der Waals surface area contributed by atoms with Crippen LogP contribution in [0.4, 0.5) is 5.69 Å². The zero-order chi connectivity index (χ0) is 17.9. The molecule has 0 bridgehead atoms. The lowest BCUT2D eigenvalue weighted by Gasteiger charge is -2.17. The van der Waals surface area contributed by atoms with Gasteiger partial charge in [-0.05, 0) is 57.6 Å². The van der Waals surface area contributed by atoms with Crippen molar-refractivity contribution in [1.29, 1.82) is 0 Å². The molecule has 0 saturated carbocycles. The molecule has 0 heterocycles. The lowest BCUT2D eigenvalue weighted by atomic mass is 9.87. The van der Waals surface area contributed by atoms with Crippen LogP contribution in [0.25, 0.3) is 33.4 Å². The molecule has 0 unspecified atom stereocenters. The molecule has 0 spiro atoms. The van der Waals surface area contributed by atoms with Crippen molar-refractivity contribution < 1.29 is 5.11 Å². The Hall–Kier alpha value is -3.52. The fraction of sp³-hybridized carbons (Fsp3) is 0. The van der Waals surface area contributed by atoms with Crippen LogP contribution in [0, 0.1) is 0 Å². The van der Waals surface area contributed by atoms with E-state index < -0.39 is 0 Å². The smallest absolute Gasteiger partial charge is 0.115 e. The highest BCUT2D eigenvalue weighted by atomic mass is 16.3. The molecule has 0 amide bonds. The van der Waals surface area contributed by atoms with Gasteiger partial charge >= 0.3 is 0 Å². The predicted octanol–water partition coefficient (Wildman–Crippen LogP) is 5.98. The molecule has 0 aliphatic carbocycles. The average Bonchev–Trinajstić information content (AvgIpc) is 2.69. The van der Waals surface area contributed by atoms with E-state index in [1.807, 2.05) is 60.7 Å². The number of hydrogen-bond acceptors (Lipinski definition) is 2. The van der Waals surface area contributed by atoms with Crippen molar-refractivity contribution in [3.05, 3.63) is 97.1 Å².